The number of carbonyl (C=O) groups is 1. The minimum Gasteiger partial charge on any atom is -0.748 e. The van der Waals surface area contributed by atoms with Gasteiger partial charge in [0.15, 0.2) is 16.1 Å². The van der Waals surface area contributed by atoms with Gasteiger partial charge in [-0.25, -0.2) is 16.8 Å². The number of carbonyl (C=O) groups excluding carboxylic acids is 1. The number of hydrogen-bond acceptors (Lipinski definition) is 10. The Morgan fingerprint density at radius 3 is 2.43 bits per heavy atom. The van der Waals surface area contributed by atoms with E-state index in [1.807, 2.05) is 84.6 Å². The molecule has 0 spiro atoms. The van der Waals surface area contributed by atoms with Crippen LogP contribution in [0.1, 0.15) is 24.8 Å². The van der Waals surface area contributed by atoms with E-state index in [-0.39, 0.29) is 13.0 Å². The van der Waals surface area contributed by atoms with Crippen LogP contribution in [-0.2, 0) is 31.8 Å². The molecule has 1 N–H and O–H groups in total. The lowest BCUT2D eigenvalue weighted by molar-refractivity contribution is -0.655. The van der Waals surface area contributed by atoms with E-state index < -0.39 is 38.6 Å². The second-order valence-corrected chi connectivity index (χ2v) is 13.6. The van der Waals surface area contributed by atoms with Gasteiger partial charge >= 0.3 is 0 Å². The lowest BCUT2D eigenvalue weighted by Crippen LogP contribution is -2.45. The number of anilines is 1. The van der Waals surface area contributed by atoms with E-state index in [4.69, 9.17) is 4.74 Å². The Balaban J connectivity index is 1.53. The lowest BCUT2D eigenvalue weighted by Gasteiger charge is -2.19. The van der Waals surface area contributed by atoms with Gasteiger partial charge in [-0.3, -0.25) is 9.52 Å². The summed E-state index contributed by atoms with van der Waals surface area (Å²) in [6.07, 6.45) is 4.28. The highest BCUT2D eigenvalue weighted by Crippen LogP contribution is 2.42. The van der Waals surface area contributed by atoms with Crippen LogP contribution in [0.2, 0.25) is 0 Å². The van der Waals surface area contributed by atoms with Gasteiger partial charge < -0.3 is 18.7 Å². The monoisotopic (exact) mass is 654 g/mol. The van der Waals surface area contributed by atoms with Crippen molar-refractivity contribution in [3.63, 3.8) is 0 Å². The van der Waals surface area contributed by atoms with E-state index in [0.29, 0.717) is 28.6 Å². The molecule has 3 aromatic carbocycles. The molecule has 1 aromatic heterocycles. The molecule has 11 nitrogen and oxygen atoms in total. The number of thiazole rings is 1. The molecule has 2 heterocycles. The fraction of sp³-hybridized carbons (Fsp3) is 0.200. The molecule has 0 radical (unpaired) electrons. The molecule has 1 aliphatic rings. The smallest absolute Gasteiger partial charge is 0.298 e. The van der Waals surface area contributed by atoms with E-state index >= 15 is 0 Å². The second-order valence-electron chi connectivity index (χ2n) is 9.95. The van der Waals surface area contributed by atoms with Gasteiger partial charge in [0.2, 0.25) is 17.9 Å². The van der Waals surface area contributed by atoms with Crippen molar-refractivity contribution in [2.75, 3.05) is 17.2 Å². The molecule has 0 unspecified atom stereocenters. The van der Waals surface area contributed by atoms with Crippen molar-refractivity contribution in [1.82, 2.24) is 4.72 Å². The SMILES string of the molecule is CCC(/C=C1\Oc2ccc(-c3ccccc3)cc2N1CCCS(=O)(=O)[O-])=C\c1sc2ccccc2[n+]1CC(=O)NS(=O)(=O)[O-]. The number of para-hydroxylation sites is 1. The van der Waals surface area contributed by atoms with Crippen molar-refractivity contribution in [3.05, 3.63) is 95.3 Å². The first-order valence-electron chi connectivity index (χ1n) is 13.6. The van der Waals surface area contributed by atoms with Gasteiger partial charge in [0.1, 0.15) is 4.70 Å². The fourth-order valence-electron chi connectivity index (χ4n) is 4.85. The summed E-state index contributed by atoms with van der Waals surface area (Å²) in [6, 6.07) is 22.8. The molecule has 0 atom stereocenters. The summed E-state index contributed by atoms with van der Waals surface area (Å²) in [5, 5.41) is 0.629. The van der Waals surface area contributed by atoms with Crippen LogP contribution in [0, 0.1) is 0 Å². The Kier molecular flexibility index (Phi) is 9.18. The normalized spacial score (nSPS) is 14.6. The number of aromatic nitrogens is 1. The second kappa shape index (κ2) is 12.9. The molecule has 1 aliphatic heterocycles. The first kappa shape index (κ1) is 31.3. The topological polar surface area (TPSA) is 160 Å². The van der Waals surface area contributed by atoms with Crippen molar-refractivity contribution in [1.29, 1.82) is 0 Å². The minimum atomic E-state index is -4.97. The summed E-state index contributed by atoms with van der Waals surface area (Å²) in [4.78, 5) is 14.2. The maximum Gasteiger partial charge on any atom is 0.298 e. The highest BCUT2D eigenvalue weighted by Gasteiger charge is 2.28. The molecule has 0 aliphatic carbocycles. The third-order valence-electron chi connectivity index (χ3n) is 6.82. The minimum absolute atomic E-state index is 0.0841. The summed E-state index contributed by atoms with van der Waals surface area (Å²) < 4.78 is 77.5. The van der Waals surface area contributed by atoms with Crippen LogP contribution < -0.4 is 18.9 Å². The van der Waals surface area contributed by atoms with Crippen LogP contribution in [0.25, 0.3) is 27.4 Å². The van der Waals surface area contributed by atoms with Crippen molar-refractivity contribution >= 4 is 59.6 Å². The molecule has 44 heavy (non-hydrogen) atoms. The molecular weight excluding hydrogens is 627 g/mol. The summed E-state index contributed by atoms with van der Waals surface area (Å²) in [5.41, 5.74) is 4.13. The molecule has 0 fully saturated rings. The Morgan fingerprint density at radius 1 is 1.00 bits per heavy atom. The third-order valence-corrected chi connectivity index (χ3v) is 9.20. The number of benzene rings is 3. The maximum absolute atomic E-state index is 12.4. The Morgan fingerprint density at radius 2 is 1.73 bits per heavy atom. The fourth-order valence-corrected chi connectivity index (χ4v) is 6.81. The predicted octanol–water partition coefficient (Wildman–Crippen LogP) is 3.90. The Labute approximate surface area is 259 Å². The number of allylic oxidation sites excluding steroid dienone is 2. The number of fused-ring (bicyclic) bond motifs is 2. The highest BCUT2D eigenvalue weighted by molar-refractivity contribution is 7.85. The highest BCUT2D eigenvalue weighted by atomic mass is 32.2. The number of rotatable bonds is 11. The largest absolute Gasteiger partial charge is 0.748 e. The standard InChI is InChI=1S/C30H29N3O8S3/c1-2-21(18-30-33(20-28(34)31-44(38,39)40)24-11-6-7-12-27(24)42-30)17-29-32(15-8-16-43(35,36)37)25-19-23(13-14-26(25)41-29)22-9-4-3-5-10-22/h3-7,9-14,17-19H,2,8,15-16,20H2,1H3,(H2-,31,34,35,36,37,38,39,40)/p-1. The van der Waals surface area contributed by atoms with Crippen molar-refractivity contribution in [2.45, 2.75) is 26.3 Å². The molecule has 0 bridgehead atoms. The average molecular weight is 655 g/mol. The summed E-state index contributed by atoms with van der Waals surface area (Å²) in [6.45, 7) is 1.74. The molecule has 5 rings (SSSR count). The van der Waals surface area contributed by atoms with E-state index in [0.717, 1.165) is 27.1 Å². The molecule has 230 valence electrons. The van der Waals surface area contributed by atoms with Crippen LogP contribution >= 0.6 is 11.3 Å². The van der Waals surface area contributed by atoms with Gasteiger partial charge in [-0.15, -0.1) is 0 Å². The van der Waals surface area contributed by atoms with Gasteiger partial charge in [0.25, 0.3) is 10.9 Å². The number of nitrogens with one attached hydrogen (secondary N) is 1. The van der Waals surface area contributed by atoms with E-state index in [9.17, 15) is 30.7 Å². The van der Waals surface area contributed by atoms with Crippen molar-refractivity contribution < 1.29 is 40.0 Å². The third kappa shape index (κ3) is 7.70. The summed E-state index contributed by atoms with van der Waals surface area (Å²) in [5.74, 6) is -0.486. The molecule has 0 saturated carbocycles. The zero-order valence-corrected chi connectivity index (χ0v) is 26.0. The zero-order chi connectivity index (χ0) is 31.5. The summed E-state index contributed by atoms with van der Waals surface area (Å²) in [7, 11) is -9.38. The van der Waals surface area contributed by atoms with Gasteiger partial charge in [-0.2, -0.15) is 4.57 Å². The quantitative estimate of drug-likeness (QED) is 0.187. The van der Waals surface area contributed by atoms with Gasteiger partial charge in [0.05, 0.1) is 15.8 Å². The number of hydrogen-bond donors (Lipinski definition) is 1. The molecule has 4 aromatic rings. The Hall–Kier alpha value is -4.08. The van der Waals surface area contributed by atoms with E-state index in [1.165, 1.54) is 16.1 Å². The lowest BCUT2D eigenvalue weighted by atomic mass is 10.0. The Bertz CT molecular complexity index is 1990. The van der Waals surface area contributed by atoms with Crippen LogP contribution in [-0.4, -0.2) is 44.1 Å². The van der Waals surface area contributed by atoms with Crippen LogP contribution in [0.3, 0.4) is 0 Å². The van der Waals surface area contributed by atoms with Crippen LogP contribution in [0.5, 0.6) is 5.75 Å². The van der Waals surface area contributed by atoms with Crippen LogP contribution in [0.15, 0.2) is 90.3 Å². The van der Waals surface area contributed by atoms with Gasteiger partial charge in [-0.1, -0.05) is 66.8 Å². The van der Waals surface area contributed by atoms with Crippen molar-refractivity contribution in [2.24, 2.45) is 0 Å². The molecular formula is C30H28N3O8S3-. The predicted molar refractivity (Wildman–Crippen MR) is 165 cm³/mol. The molecule has 1 amide bonds. The van der Waals surface area contributed by atoms with E-state index in [1.54, 1.807) is 16.7 Å². The summed E-state index contributed by atoms with van der Waals surface area (Å²) >= 11 is 1.38. The number of amides is 1. The molecule has 0 saturated heterocycles. The van der Waals surface area contributed by atoms with Crippen LogP contribution in [0.4, 0.5) is 5.69 Å². The van der Waals surface area contributed by atoms with Crippen molar-refractivity contribution in [3.8, 4) is 16.9 Å². The van der Waals surface area contributed by atoms with Gasteiger partial charge in [0, 0.05) is 30.5 Å². The van der Waals surface area contributed by atoms with E-state index in [2.05, 4.69) is 0 Å². The number of nitrogens with zero attached hydrogens (tertiary/aromatic N) is 2. The first-order valence-corrected chi connectivity index (χ1v) is 17.4. The molecule has 14 heteroatoms. The zero-order valence-electron chi connectivity index (χ0n) is 23.5. The maximum atomic E-state index is 12.4. The number of ether oxygens (including phenoxy) is 1. The average Bonchev–Trinajstić information content (AvgIpc) is 3.48. The first-order chi connectivity index (χ1) is 20.9. The van der Waals surface area contributed by atoms with Gasteiger partial charge in [-0.05, 0) is 47.7 Å².